The van der Waals surface area contributed by atoms with Crippen LogP contribution in [0, 0.1) is 5.92 Å². The topological polar surface area (TPSA) is 41.3 Å². The van der Waals surface area contributed by atoms with Gasteiger partial charge in [0.2, 0.25) is 0 Å². The van der Waals surface area contributed by atoms with Gasteiger partial charge in [0.25, 0.3) is 0 Å². The molecule has 0 aromatic rings. The van der Waals surface area contributed by atoms with E-state index in [1.807, 2.05) is 0 Å². The van der Waals surface area contributed by atoms with Gasteiger partial charge in [-0.15, -0.1) is 0 Å². The van der Waals surface area contributed by atoms with E-state index in [-0.39, 0.29) is 5.54 Å². The lowest BCUT2D eigenvalue weighted by Crippen LogP contribution is -2.61. The third-order valence-corrected chi connectivity index (χ3v) is 3.83. The maximum absolute atomic E-state index is 5.76. The van der Waals surface area contributed by atoms with E-state index in [4.69, 9.17) is 5.84 Å². The zero-order valence-corrected chi connectivity index (χ0v) is 12.0. The van der Waals surface area contributed by atoms with Crippen molar-refractivity contribution < 1.29 is 0 Å². The minimum absolute atomic E-state index is 0.104. The Morgan fingerprint density at radius 1 is 1.19 bits per heavy atom. The molecule has 3 heteroatoms. The van der Waals surface area contributed by atoms with Crippen LogP contribution in [-0.4, -0.2) is 29.6 Å². The molecule has 0 rings (SSSR count). The van der Waals surface area contributed by atoms with Crippen molar-refractivity contribution in [3.8, 4) is 0 Å². The first-order valence-electron chi connectivity index (χ1n) is 6.66. The van der Waals surface area contributed by atoms with E-state index in [0.717, 1.165) is 13.1 Å². The highest BCUT2D eigenvalue weighted by molar-refractivity contribution is 4.94. The molecule has 3 nitrogen and oxygen atoms in total. The average Bonchev–Trinajstić information content (AvgIpc) is 2.19. The molecule has 0 spiro atoms. The van der Waals surface area contributed by atoms with Gasteiger partial charge in [0.05, 0.1) is 0 Å². The maximum atomic E-state index is 5.76. The van der Waals surface area contributed by atoms with Crippen LogP contribution in [0.5, 0.6) is 0 Å². The monoisotopic (exact) mass is 229 g/mol. The number of rotatable bonds is 8. The van der Waals surface area contributed by atoms with Crippen LogP contribution in [0.2, 0.25) is 0 Å². The fourth-order valence-electron chi connectivity index (χ4n) is 2.92. The molecule has 0 fully saturated rings. The summed E-state index contributed by atoms with van der Waals surface area (Å²) < 4.78 is 0. The molecule has 16 heavy (non-hydrogen) atoms. The zero-order chi connectivity index (χ0) is 12.8. The largest absolute Gasteiger partial charge is 0.297 e. The summed E-state index contributed by atoms with van der Waals surface area (Å²) in [7, 11) is 0. The number of hydrogen-bond donors (Lipinski definition) is 2. The summed E-state index contributed by atoms with van der Waals surface area (Å²) in [6, 6.07) is 0.340. The number of likely N-dealkylation sites (N-methyl/N-ethyl adjacent to an activating group) is 1. The summed E-state index contributed by atoms with van der Waals surface area (Å²) in [5.41, 5.74) is 3.14. The van der Waals surface area contributed by atoms with E-state index < -0.39 is 0 Å². The van der Waals surface area contributed by atoms with Gasteiger partial charge < -0.3 is 0 Å². The second kappa shape index (κ2) is 7.25. The van der Waals surface area contributed by atoms with Gasteiger partial charge in [-0.1, -0.05) is 34.1 Å². The number of hydrogen-bond acceptors (Lipinski definition) is 3. The predicted molar refractivity (Wildman–Crippen MR) is 72.2 cm³/mol. The van der Waals surface area contributed by atoms with Crippen molar-refractivity contribution in [2.45, 2.75) is 66.0 Å². The van der Waals surface area contributed by atoms with E-state index in [2.05, 4.69) is 51.9 Å². The third-order valence-electron chi connectivity index (χ3n) is 3.83. The molecule has 0 saturated heterocycles. The minimum atomic E-state index is 0.104. The first-order valence-corrected chi connectivity index (χ1v) is 6.66. The van der Waals surface area contributed by atoms with E-state index in [0.29, 0.717) is 12.0 Å². The maximum Gasteiger partial charge on any atom is 0.0414 e. The Morgan fingerprint density at radius 2 is 1.69 bits per heavy atom. The van der Waals surface area contributed by atoms with Gasteiger partial charge >= 0.3 is 0 Å². The fourth-order valence-corrected chi connectivity index (χ4v) is 2.92. The van der Waals surface area contributed by atoms with Gasteiger partial charge in [-0.05, 0) is 39.3 Å². The highest BCUT2D eigenvalue weighted by Crippen LogP contribution is 2.26. The van der Waals surface area contributed by atoms with Crippen molar-refractivity contribution in [3.63, 3.8) is 0 Å². The Bertz CT molecular complexity index is 176. The molecule has 2 unspecified atom stereocenters. The van der Waals surface area contributed by atoms with Crippen LogP contribution in [0.3, 0.4) is 0 Å². The molecule has 0 aromatic carbocycles. The van der Waals surface area contributed by atoms with Crippen molar-refractivity contribution in [2.75, 3.05) is 13.1 Å². The first-order chi connectivity index (χ1) is 7.45. The molecule has 2 atom stereocenters. The zero-order valence-electron chi connectivity index (χ0n) is 12.0. The van der Waals surface area contributed by atoms with Crippen molar-refractivity contribution in [3.05, 3.63) is 0 Å². The highest BCUT2D eigenvalue weighted by Gasteiger charge is 2.36. The highest BCUT2D eigenvalue weighted by atomic mass is 15.3. The predicted octanol–water partition coefficient (Wildman–Crippen LogP) is 2.37. The van der Waals surface area contributed by atoms with Crippen molar-refractivity contribution >= 4 is 0 Å². The lowest BCUT2D eigenvalue weighted by atomic mass is 9.82. The summed E-state index contributed by atoms with van der Waals surface area (Å²) in [4.78, 5) is 2.48. The molecule has 3 N–H and O–H groups in total. The average molecular weight is 229 g/mol. The Kier molecular flexibility index (Phi) is 7.20. The number of hydrazine groups is 1. The standard InChI is InChI=1S/C13H31N3/c1-7-10-11(4)12(15-14)13(5,6)16(8-2)9-3/h11-12,15H,7-10,14H2,1-6H3. The Morgan fingerprint density at radius 3 is 2.00 bits per heavy atom. The van der Waals surface area contributed by atoms with Crippen LogP contribution in [-0.2, 0) is 0 Å². The summed E-state index contributed by atoms with van der Waals surface area (Å²) in [5.74, 6) is 6.36. The molecule has 0 aliphatic carbocycles. The third kappa shape index (κ3) is 3.72. The van der Waals surface area contributed by atoms with Crippen molar-refractivity contribution in [1.82, 2.24) is 10.3 Å². The van der Waals surface area contributed by atoms with Crippen LogP contribution >= 0.6 is 0 Å². The smallest absolute Gasteiger partial charge is 0.0414 e. The quantitative estimate of drug-likeness (QED) is 0.496. The second-order valence-electron chi connectivity index (χ2n) is 5.24. The summed E-state index contributed by atoms with van der Waals surface area (Å²) >= 11 is 0. The van der Waals surface area contributed by atoms with Gasteiger partial charge in [0, 0.05) is 11.6 Å². The molecular weight excluding hydrogens is 198 g/mol. The fraction of sp³-hybridized carbons (Fsp3) is 1.00. The molecule has 98 valence electrons. The molecule has 0 aliphatic heterocycles. The van der Waals surface area contributed by atoms with E-state index in [1.165, 1.54) is 12.8 Å². The van der Waals surface area contributed by atoms with Crippen LogP contribution < -0.4 is 11.3 Å². The SMILES string of the molecule is CCCC(C)C(NN)C(C)(C)N(CC)CC. The van der Waals surface area contributed by atoms with Gasteiger partial charge in [-0.25, -0.2) is 0 Å². The van der Waals surface area contributed by atoms with Gasteiger partial charge in [0.1, 0.15) is 0 Å². The second-order valence-corrected chi connectivity index (χ2v) is 5.24. The normalized spacial score (nSPS) is 16.5. The summed E-state index contributed by atoms with van der Waals surface area (Å²) in [6.07, 6.45) is 2.44. The lowest BCUT2D eigenvalue weighted by Gasteiger charge is -2.45. The number of nitrogens with two attached hydrogens (primary N) is 1. The van der Waals surface area contributed by atoms with Crippen LogP contribution in [0.15, 0.2) is 0 Å². The van der Waals surface area contributed by atoms with Crippen molar-refractivity contribution in [1.29, 1.82) is 0 Å². The van der Waals surface area contributed by atoms with Crippen LogP contribution in [0.4, 0.5) is 0 Å². The Balaban J connectivity index is 4.76. The molecule has 0 radical (unpaired) electrons. The Labute approximate surface area is 102 Å². The van der Waals surface area contributed by atoms with Crippen molar-refractivity contribution in [2.24, 2.45) is 11.8 Å². The first kappa shape index (κ1) is 15.9. The van der Waals surface area contributed by atoms with Crippen LogP contribution in [0.1, 0.15) is 54.4 Å². The molecule has 0 aliphatic rings. The van der Waals surface area contributed by atoms with Gasteiger partial charge in [-0.3, -0.25) is 16.2 Å². The molecular formula is C13H31N3. The summed E-state index contributed by atoms with van der Waals surface area (Å²) in [5, 5.41) is 0. The van der Waals surface area contributed by atoms with E-state index >= 15 is 0 Å². The number of nitrogens with zero attached hydrogens (tertiary/aromatic N) is 1. The van der Waals surface area contributed by atoms with Crippen LogP contribution in [0.25, 0.3) is 0 Å². The minimum Gasteiger partial charge on any atom is -0.297 e. The van der Waals surface area contributed by atoms with E-state index in [9.17, 15) is 0 Å². The van der Waals surface area contributed by atoms with Gasteiger partial charge in [-0.2, -0.15) is 0 Å². The molecule has 0 bridgehead atoms. The lowest BCUT2D eigenvalue weighted by molar-refractivity contribution is 0.0662. The molecule has 0 saturated carbocycles. The summed E-state index contributed by atoms with van der Waals surface area (Å²) in [6.45, 7) is 15.7. The molecule has 0 amide bonds. The number of nitrogens with one attached hydrogen (secondary N) is 1. The molecule has 0 heterocycles. The molecule has 0 aromatic heterocycles. The van der Waals surface area contributed by atoms with E-state index in [1.54, 1.807) is 0 Å². The Hall–Kier alpha value is -0.120. The van der Waals surface area contributed by atoms with Gasteiger partial charge in [0.15, 0.2) is 0 Å².